The molecule has 0 aromatic carbocycles. The van der Waals surface area contributed by atoms with Gasteiger partial charge in [0.25, 0.3) is 0 Å². The lowest BCUT2D eigenvalue weighted by Gasteiger charge is -2.40. The van der Waals surface area contributed by atoms with Crippen LogP contribution >= 0.6 is 0 Å². The number of carboxylic acids is 1. The number of likely N-dealkylation sites (tertiary alicyclic amines) is 1. The Balaban J connectivity index is 1.96. The number of rotatable bonds is 3. The molecule has 1 atom stereocenters. The first-order chi connectivity index (χ1) is 8.27. The van der Waals surface area contributed by atoms with Crippen LogP contribution in [0, 0.1) is 0 Å². The number of carboxylic acid groups (broad SMARTS) is 1. The lowest BCUT2D eigenvalue weighted by molar-refractivity contribution is -0.139. The summed E-state index contributed by atoms with van der Waals surface area (Å²) < 4.78 is 0. The molecule has 0 radical (unpaired) electrons. The normalized spacial score (nSPS) is 28.8. The predicted octanol–water partition coefficient (Wildman–Crippen LogP) is 3.04. The molecule has 1 N–H and O–H groups in total. The number of piperidine rings is 1. The maximum absolute atomic E-state index is 10.9. The van der Waals surface area contributed by atoms with Gasteiger partial charge in [-0.05, 0) is 32.2 Å². The highest BCUT2D eigenvalue weighted by molar-refractivity contribution is 5.67. The second-order valence-corrected chi connectivity index (χ2v) is 5.63. The molecule has 17 heavy (non-hydrogen) atoms. The fraction of sp³-hybridized carbons (Fsp3) is 0.929. The van der Waals surface area contributed by atoms with Crippen molar-refractivity contribution in [2.75, 3.05) is 6.54 Å². The van der Waals surface area contributed by atoms with Gasteiger partial charge in [-0.3, -0.25) is 9.69 Å². The van der Waals surface area contributed by atoms with Crippen molar-refractivity contribution in [2.24, 2.45) is 0 Å². The summed E-state index contributed by atoms with van der Waals surface area (Å²) in [6, 6.07) is 0.978. The average molecular weight is 239 g/mol. The van der Waals surface area contributed by atoms with E-state index in [2.05, 4.69) is 4.90 Å². The number of hydrogen-bond donors (Lipinski definition) is 1. The summed E-state index contributed by atoms with van der Waals surface area (Å²) in [7, 11) is 0. The van der Waals surface area contributed by atoms with Crippen molar-refractivity contribution in [1.82, 2.24) is 4.90 Å². The molecule has 1 saturated heterocycles. The Bertz CT molecular complexity index is 247. The summed E-state index contributed by atoms with van der Waals surface area (Å²) in [6.07, 6.45) is 11.9. The summed E-state index contributed by atoms with van der Waals surface area (Å²) >= 11 is 0. The van der Waals surface area contributed by atoms with Crippen molar-refractivity contribution >= 4 is 5.97 Å². The topological polar surface area (TPSA) is 40.5 Å². The molecule has 2 rings (SSSR count). The minimum Gasteiger partial charge on any atom is -0.481 e. The van der Waals surface area contributed by atoms with Gasteiger partial charge in [-0.1, -0.05) is 32.1 Å². The van der Waals surface area contributed by atoms with Gasteiger partial charge in [0.2, 0.25) is 0 Å². The van der Waals surface area contributed by atoms with Crippen LogP contribution in [0.4, 0.5) is 0 Å². The van der Waals surface area contributed by atoms with Gasteiger partial charge in [0.1, 0.15) is 0 Å². The molecule has 0 amide bonds. The Kier molecular flexibility index (Phi) is 4.84. The number of aliphatic carboxylic acids is 1. The van der Waals surface area contributed by atoms with Crippen molar-refractivity contribution < 1.29 is 9.90 Å². The van der Waals surface area contributed by atoms with Gasteiger partial charge >= 0.3 is 5.97 Å². The molecule has 1 unspecified atom stereocenters. The van der Waals surface area contributed by atoms with E-state index >= 15 is 0 Å². The van der Waals surface area contributed by atoms with E-state index in [1.807, 2.05) is 0 Å². The minimum absolute atomic E-state index is 0.310. The molecule has 0 spiro atoms. The van der Waals surface area contributed by atoms with Crippen LogP contribution in [0.15, 0.2) is 0 Å². The molecule has 1 saturated carbocycles. The monoisotopic (exact) mass is 239 g/mol. The van der Waals surface area contributed by atoms with E-state index < -0.39 is 5.97 Å². The predicted molar refractivity (Wildman–Crippen MR) is 68.1 cm³/mol. The minimum atomic E-state index is -0.629. The van der Waals surface area contributed by atoms with Gasteiger partial charge < -0.3 is 5.11 Å². The van der Waals surface area contributed by atoms with Gasteiger partial charge in [-0.15, -0.1) is 0 Å². The fourth-order valence-electron chi connectivity index (χ4n) is 3.51. The standard InChI is InChI=1S/C14H25NO2/c16-14(17)11-13-9-5-6-10-15(13)12-7-3-1-2-4-8-12/h12-13H,1-11H2,(H,16,17). The van der Waals surface area contributed by atoms with Crippen molar-refractivity contribution in [3.05, 3.63) is 0 Å². The van der Waals surface area contributed by atoms with E-state index in [0.717, 1.165) is 13.0 Å². The second kappa shape index (κ2) is 6.39. The first-order valence-electron chi connectivity index (χ1n) is 7.25. The van der Waals surface area contributed by atoms with E-state index in [1.54, 1.807) is 0 Å². The van der Waals surface area contributed by atoms with E-state index in [1.165, 1.54) is 51.4 Å². The molecule has 1 heterocycles. The molecule has 1 aliphatic carbocycles. The van der Waals surface area contributed by atoms with Crippen LogP contribution < -0.4 is 0 Å². The van der Waals surface area contributed by atoms with Crippen LogP contribution in [-0.4, -0.2) is 34.6 Å². The molecular formula is C14H25NO2. The molecule has 3 nitrogen and oxygen atoms in total. The maximum atomic E-state index is 10.9. The number of carbonyl (C=O) groups is 1. The summed E-state index contributed by atoms with van der Waals surface area (Å²) in [5.74, 6) is -0.629. The third-order valence-corrected chi connectivity index (χ3v) is 4.38. The molecule has 2 aliphatic rings. The van der Waals surface area contributed by atoms with Gasteiger partial charge in [-0.25, -0.2) is 0 Å². The zero-order valence-electron chi connectivity index (χ0n) is 10.7. The van der Waals surface area contributed by atoms with Gasteiger partial charge in [0.05, 0.1) is 6.42 Å². The Labute approximate surface area is 104 Å². The van der Waals surface area contributed by atoms with Gasteiger partial charge in [-0.2, -0.15) is 0 Å². The molecule has 2 fully saturated rings. The number of nitrogens with zero attached hydrogens (tertiary/aromatic N) is 1. The van der Waals surface area contributed by atoms with Crippen LogP contribution in [-0.2, 0) is 4.79 Å². The van der Waals surface area contributed by atoms with Gasteiger partial charge in [0.15, 0.2) is 0 Å². The quantitative estimate of drug-likeness (QED) is 0.770. The molecule has 3 heteroatoms. The summed E-state index contributed by atoms with van der Waals surface area (Å²) in [6.45, 7) is 1.13. The summed E-state index contributed by atoms with van der Waals surface area (Å²) in [4.78, 5) is 13.5. The van der Waals surface area contributed by atoms with Crippen molar-refractivity contribution in [3.63, 3.8) is 0 Å². The highest BCUT2D eigenvalue weighted by Gasteiger charge is 2.30. The van der Waals surface area contributed by atoms with E-state index in [9.17, 15) is 4.79 Å². The third kappa shape index (κ3) is 3.70. The van der Waals surface area contributed by atoms with Crippen LogP contribution in [0.25, 0.3) is 0 Å². The summed E-state index contributed by atoms with van der Waals surface area (Å²) in [5, 5.41) is 9.01. The van der Waals surface area contributed by atoms with Crippen LogP contribution in [0.1, 0.15) is 64.2 Å². The molecular weight excluding hydrogens is 214 g/mol. The zero-order valence-corrected chi connectivity index (χ0v) is 10.7. The average Bonchev–Trinajstić information content (AvgIpc) is 2.57. The Morgan fingerprint density at radius 2 is 1.65 bits per heavy atom. The van der Waals surface area contributed by atoms with Crippen LogP contribution in [0.3, 0.4) is 0 Å². The highest BCUT2D eigenvalue weighted by Crippen LogP contribution is 2.29. The summed E-state index contributed by atoms with van der Waals surface area (Å²) in [5.41, 5.74) is 0. The Morgan fingerprint density at radius 3 is 2.29 bits per heavy atom. The van der Waals surface area contributed by atoms with Crippen molar-refractivity contribution in [1.29, 1.82) is 0 Å². The third-order valence-electron chi connectivity index (χ3n) is 4.38. The fourth-order valence-corrected chi connectivity index (χ4v) is 3.51. The molecule has 0 aromatic heterocycles. The Morgan fingerprint density at radius 1 is 1.00 bits per heavy atom. The molecule has 1 aliphatic heterocycles. The molecule has 0 bridgehead atoms. The smallest absolute Gasteiger partial charge is 0.304 e. The lowest BCUT2D eigenvalue weighted by Crippen LogP contribution is -2.47. The lowest BCUT2D eigenvalue weighted by atomic mass is 9.94. The van der Waals surface area contributed by atoms with E-state index in [0.29, 0.717) is 18.5 Å². The van der Waals surface area contributed by atoms with E-state index in [4.69, 9.17) is 5.11 Å². The van der Waals surface area contributed by atoms with Crippen molar-refractivity contribution in [2.45, 2.75) is 76.3 Å². The van der Waals surface area contributed by atoms with Gasteiger partial charge in [0, 0.05) is 12.1 Å². The highest BCUT2D eigenvalue weighted by atomic mass is 16.4. The number of hydrogen-bond acceptors (Lipinski definition) is 2. The van der Waals surface area contributed by atoms with Crippen molar-refractivity contribution in [3.8, 4) is 0 Å². The second-order valence-electron chi connectivity index (χ2n) is 5.63. The van der Waals surface area contributed by atoms with Crippen LogP contribution in [0.5, 0.6) is 0 Å². The van der Waals surface area contributed by atoms with E-state index in [-0.39, 0.29) is 0 Å². The SMILES string of the molecule is O=C(O)CC1CCCCN1C1CCCCCC1. The first-order valence-corrected chi connectivity index (χ1v) is 7.25. The maximum Gasteiger partial charge on any atom is 0.304 e. The molecule has 0 aromatic rings. The largest absolute Gasteiger partial charge is 0.481 e. The van der Waals surface area contributed by atoms with Crippen LogP contribution in [0.2, 0.25) is 0 Å². The Hall–Kier alpha value is -0.570. The zero-order chi connectivity index (χ0) is 12.1. The molecule has 98 valence electrons. The first kappa shape index (κ1) is 12.9.